The number of allylic oxidation sites excluding steroid dienone is 3. The van der Waals surface area contributed by atoms with E-state index in [0.717, 1.165) is 6.42 Å². The monoisotopic (exact) mass is 418 g/mol. The minimum absolute atomic E-state index is 0. The summed E-state index contributed by atoms with van der Waals surface area (Å²) in [5.74, 6) is 4.40. The van der Waals surface area contributed by atoms with Gasteiger partial charge in [-0.3, -0.25) is 0 Å². The second kappa shape index (κ2) is 10.4. The number of hydrogen-bond acceptors (Lipinski definition) is 0. The molecule has 0 aromatic heterocycles. The summed E-state index contributed by atoms with van der Waals surface area (Å²) in [6.45, 7) is 17.9. The molecule has 0 spiro atoms. The van der Waals surface area contributed by atoms with Gasteiger partial charge >= 0.3 is 0 Å². The predicted molar refractivity (Wildman–Crippen MR) is 65.3 cm³/mol. The van der Waals surface area contributed by atoms with Gasteiger partial charge in [-0.25, -0.2) is 17.1 Å². The van der Waals surface area contributed by atoms with E-state index in [2.05, 4.69) is 48.1 Å². The van der Waals surface area contributed by atoms with Crippen LogP contribution in [0.3, 0.4) is 0 Å². The summed E-state index contributed by atoms with van der Waals surface area (Å²) in [5.41, 5.74) is 2.94. The van der Waals surface area contributed by atoms with Crippen molar-refractivity contribution < 1.29 is 32.5 Å². The Kier molecular flexibility index (Phi) is 14.1. The van der Waals surface area contributed by atoms with Crippen LogP contribution in [-0.4, -0.2) is 0 Å². The molecule has 0 N–H and O–H groups in total. The summed E-state index contributed by atoms with van der Waals surface area (Å²) in [4.78, 5) is 0. The first kappa shape index (κ1) is 21.6. The largest absolute Gasteiger partial charge is 1.00 e. The molecule has 97 valence electrons. The van der Waals surface area contributed by atoms with E-state index >= 15 is 0 Å². The van der Waals surface area contributed by atoms with E-state index in [4.69, 9.17) is 0 Å². The summed E-state index contributed by atoms with van der Waals surface area (Å²) in [6, 6.07) is 0. The Labute approximate surface area is 122 Å². The fourth-order valence-corrected chi connectivity index (χ4v) is 1.41. The quantitative estimate of drug-likeness (QED) is 0.448. The van der Waals surface area contributed by atoms with Gasteiger partial charge in [0.15, 0.2) is 0 Å². The molecule has 0 aliphatic heterocycles. The van der Waals surface area contributed by atoms with Crippen molar-refractivity contribution in [2.24, 2.45) is 0 Å². The molecule has 1 rings (SSSR count). The van der Waals surface area contributed by atoms with E-state index in [1.54, 1.807) is 6.08 Å². The van der Waals surface area contributed by atoms with E-state index < -0.39 is 0 Å². The van der Waals surface area contributed by atoms with Crippen molar-refractivity contribution in [1.82, 2.24) is 0 Å². The Morgan fingerprint density at radius 1 is 1.25 bits per heavy atom. The van der Waals surface area contributed by atoms with Gasteiger partial charge in [0.25, 0.3) is 0 Å². The van der Waals surface area contributed by atoms with Crippen LogP contribution >= 0.6 is 0 Å². The van der Waals surface area contributed by atoms with Gasteiger partial charge in [-0.15, -0.1) is 26.5 Å². The molecule has 0 saturated heterocycles. The number of rotatable bonds is 1. The topological polar surface area (TPSA) is 0 Å². The maximum absolute atomic E-state index is 3.49. The zero-order valence-electron chi connectivity index (χ0n) is 10.9. The van der Waals surface area contributed by atoms with E-state index in [1.807, 2.05) is 0 Å². The molecule has 0 heterocycles. The zero-order chi connectivity index (χ0) is 11.3. The molecule has 3 radical (unpaired) electrons. The van der Waals surface area contributed by atoms with E-state index in [0.29, 0.717) is 0 Å². The van der Waals surface area contributed by atoms with Crippen LogP contribution in [0.25, 0.3) is 0 Å². The van der Waals surface area contributed by atoms with Gasteiger partial charge in [0, 0.05) is 20.1 Å². The molecular weight excluding hydrogens is 396 g/mol. The van der Waals surface area contributed by atoms with Crippen LogP contribution in [0.4, 0.5) is 0 Å². The van der Waals surface area contributed by atoms with Crippen LogP contribution in [-0.2, 0) is 20.1 Å². The molecule has 0 unspecified atom stereocenters. The second-order valence-corrected chi connectivity index (χ2v) is 3.70. The molecule has 16 heavy (non-hydrogen) atoms. The van der Waals surface area contributed by atoms with Gasteiger partial charge in [-0.1, -0.05) is 32.6 Å². The maximum atomic E-state index is 3.49. The SMILES string of the molecule is C=CC[CH2-].C[C]1[C](C)[C-](C)C(C)=C1C.[Cl-].[Ir]. The molecule has 1 aliphatic rings. The second-order valence-electron chi connectivity index (χ2n) is 3.70. The maximum Gasteiger partial charge on any atom is 0 e. The molecule has 0 aromatic carbocycles. The Morgan fingerprint density at radius 3 is 1.69 bits per heavy atom. The van der Waals surface area contributed by atoms with Crippen molar-refractivity contribution >= 4 is 0 Å². The Balaban J connectivity index is -0.000000249. The smallest absolute Gasteiger partial charge is 0 e. The van der Waals surface area contributed by atoms with E-state index in [1.165, 1.54) is 28.9 Å². The van der Waals surface area contributed by atoms with E-state index in [-0.39, 0.29) is 32.5 Å². The predicted octanol–water partition coefficient (Wildman–Crippen LogP) is 1.52. The van der Waals surface area contributed by atoms with Gasteiger partial charge in [0.05, 0.1) is 0 Å². The molecule has 0 nitrogen and oxygen atoms in total. The van der Waals surface area contributed by atoms with Crippen LogP contribution in [0.15, 0.2) is 23.8 Å². The van der Waals surface area contributed by atoms with Crippen LogP contribution < -0.4 is 12.4 Å². The molecule has 0 amide bonds. The van der Waals surface area contributed by atoms with Crippen molar-refractivity contribution in [2.45, 2.75) is 41.0 Å². The summed E-state index contributed by atoms with van der Waals surface area (Å²) in [5, 5.41) is 0. The fraction of sp³-hybridized carbons (Fsp3) is 0.429. The number of halogens is 1. The van der Waals surface area contributed by atoms with Gasteiger partial charge in [0.2, 0.25) is 0 Å². The molecule has 0 aromatic rings. The molecule has 0 bridgehead atoms. The Morgan fingerprint density at radius 2 is 1.62 bits per heavy atom. The summed E-state index contributed by atoms with van der Waals surface area (Å²) < 4.78 is 0. The molecule has 0 fully saturated rings. The minimum atomic E-state index is 0. The molecular formula is C14H22ClIr-3. The van der Waals surface area contributed by atoms with E-state index in [9.17, 15) is 0 Å². The molecule has 1 aliphatic carbocycles. The zero-order valence-corrected chi connectivity index (χ0v) is 14.1. The van der Waals surface area contributed by atoms with Crippen LogP contribution in [0.5, 0.6) is 0 Å². The first-order valence-corrected chi connectivity index (χ1v) is 5.07. The first-order valence-electron chi connectivity index (χ1n) is 5.07. The van der Waals surface area contributed by atoms with Crippen molar-refractivity contribution in [1.29, 1.82) is 0 Å². The fourth-order valence-electron chi connectivity index (χ4n) is 1.41. The van der Waals surface area contributed by atoms with Crippen LogP contribution in [0, 0.1) is 24.7 Å². The minimum Gasteiger partial charge on any atom is -1.00 e. The van der Waals surface area contributed by atoms with Crippen molar-refractivity contribution in [2.75, 3.05) is 0 Å². The normalized spacial score (nSPS) is 16.0. The standard InChI is InChI=1S/C10H15.C4H7.ClH.Ir/c1-6-7(2)9(4)10(5)8(6)3;1-3-4-2;;/h1-5H3;3H,1-2,4H2;1H;/q2*-1;;/p-1. The third-order valence-corrected chi connectivity index (χ3v) is 3.02. The van der Waals surface area contributed by atoms with Crippen molar-refractivity contribution in [3.63, 3.8) is 0 Å². The first-order chi connectivity index (χ1) is 6.47. The van der Waals surface area contributed by atoms with Gasteiger partial charge < -0.3 is 19.3 Å². The third kappa shape index (κ3) is 5.57. The molecule has 2 heteroatoms. The summed E-state index contributed by atoms with van der Waals surface area (Å²) >= 11 is 0. The number of hydrogen-bond donors (Lipinski definition) is 0. The van der Waals surface area contributed by atoms with Gasteiger partial charge in [-0.05, 0) is 0 Å². The van der Waals surface area contributed by atoms with Crippen LogP contribution in [0.2, 0.25) is 0 Å². The third-order valence-electron chi connectivity index (χ3n) is 3.02. The van der Waals surface area contributed by atoms with Crippen molar-refractivity contribution in [3.05, 3.63) is 48.5 Å². The summed E-state index contributed by atoms with van der Waals surface area (Å²) in [6.07, 6.45) is 2.60. The average Bonchev–Trinajstić information content (AvgIpc) is 2.37. The molecule has 0 saturated carbocycles. The van der Waals surface area contributed by atoms with Crippen LogP contribution in [0.1, 0.15) is 41.0 Å². The Bertz CT molecular complexity index is 203. The molecule has 0 atom stereocenters. The van der Waals surface area contributed by atoms with Crippen molar-refractivity contribution in [3.8, 4) is 0 Å². The Hall–Kier alpha value is 0.289. The summed E-state index contributed by atoms with van der Waals surface area (Å²) in [7, 11) is 0. The average molecular weight is 418 g/mol. The van der Waals surface area contributed by atoms with Gasteiger partial charge in [0.1, 0.15) is 0 Å². The van der Waals surface area contributed by atoms with Gasteiger partial charge in [-0.2, -0.15) is 6.42 Å².